The van der Waals surface area contributed by atoms with Crippen molar-refractivity contribution in [1.29, 1.82) is 0 Å². The van der Waals surface area contributed by atoms with E-state index in [1.807, 2.05) is 6.20 Å². The zero-order valence-corrected chi connectivity index (χ0v) is 6.02. The van der Waals surface area contributed by atoms with Gasteiger partial charge in [0.1, 0.15) is 13.7 Å². The van der Waals surface area contributed by atoms with E-state index in [4.69, 9.17) is 0 Å². The first-order valence-electron chi connectivity index (χ1n) is 3.56. The van der Waals surface area contributed by atoms with Crippen molar-refractivity contribution in [2.45, 2.75) is 6.42 Å². The van der Waals surface area contributed by atoms with Crippen molar-refractivity contribution in [3.8, 4) is 0 Å². The van der Waals surface area contributed by atoms with E-state index in [0.29, 0.717) is 0 Å². The van der Waals surface area contributed by atoms with E-state index in [1.165, 1.54) is 11.0 Å². The molecule has 0 aliphatic carbocycles. The Balaban J connectivity index is 2.59. The van der Waals surface area contributed by atoms with Crippen LogP contribution in [0.5, 0.6) is 0 Å². The highest BCUT2D eigenvalue weighted by Crippen LogP contribution is 2.14. The van der Waals surface area contributed by atoms with E-state index in [2.05, 4.69) is 24.2 Å². The molecule has 0 fully saturated rings. The SMILES string of the molecule is Bc1ccnc2c1CCN2. The Morgan fingerprint density at radius 3 is 3.30 bits per heavy atom. The van der Waals surface area contributed by atoms with E-state index in [9.17, 15) is 0 Å². The van der Waals surface area contributed by atoms with Crippen molar-refractivity contribution >= 4 is 19.1 Å². The fourth-order valence-corrected chi connectivity index (χ4v) is 1.36. The predicted molar refractivity (Wildman–Crippen MR) is 44.6 cm³/mol. The normalized spacial score (nSPS) is 14.4. The van der Waals surface area contributed by atoms with Gasteiger partial charge in [0.05, 0.1) is 0 Å². The van der Waals surface area contributed by atoms with Gasteiger partial charge in [0, 0.05) is 12.7 Å². The number of aromatic nitrogens is 1. The van der Waals surface area contributed by atoms with Crippen LogP contribution in [0.2, 0.25) is 0 Å². The van der Waals surface area contributed by atoms with Crippen LogP contribution >= 0.6 is 0 Å². The molecule has 3 heteroatoms. The zero-order valence-electron chi connectivity index (χ0n) is 6.02. The Hall–Kier alpha value is -0.985. The number of nitrogens with zero attached hydrogens (tertiary/aromatic N) is 1. The second kappa shape index (κ2) is 2.01. The summed E-state index contributed by atoms with van der Waals surface area (Å²) in [7, 11) is 2.13. The molecular weight excluding hydrogens is 123 g/mol. The molecule has 10 heavy (non-hydrogen) atoms. The number of nitrogens with one attached hydrogen (secondary N) is 1. The summed E-state index contributed by atoms with van der Waals surface area (Å²) in [5, 5.41) is 3.23. The van der Waals surface area contributed by atoms with Gasteiger partial charge < -0.3 is 5.32 Å². The second-order valence-corrected chi connectivity index (χ2v) is 2.63. The summed E-state index contributed by atoms with van der Waals surface area (Å²) in [6.07, 6.45) is 2.99. The van der Waals surface area contributed by atoms with Crippen molar-refractivity contribution < 1.29 is 0 Å². The van der Waals surface area contributed by atoms with Gasteiger partial charge >= 0.3 is 0 Å². The topological polar surface area (TPSA) is 24.9 Å². The molecule has 50 valence electrons. The highest BCUT2D eigenvalue weighted by molar-refractivity contribution is 6.33. The van der Waals surface area contributed by atoms with Crippen molar-refractivity contribution in [2.24, 2.45) is 0 Å². The molecular formula is C7H9BN2. The number of rotatable bonds is 0. The zero-order chi connectivity index (χ0) is 6.97. The molecule has 2 nitrogen and oxygen atoms in total. The van der Waals surface area contributed by atoms with Gasteiger partial charge in [0.25, 0.3) is 0 Å². The fraction of sp³-hybridized carbons (Fsp3) is 0.286. The number of pyridine rings is 1. The lowest BCUT2D eigenvalue weighted by atomic mass is 9.91. The Labute approximate surface area is 61.1 Å². The summed E-state index contributed by atoms with van der Waals surface area (Å²) >= 11 is 0. The van der Waals surface area contributed by atoms with Crippen molar-refractivity contribution in [2.75, 3.05) is 11.9 Å². The van der Waals surface area contributed by atoms with E-state index in [1.54, 1.807) is 0 Å². The third-order valence-corrected chi connectivity index (χ3v) is 1.96. The van der Waals surface area contributed by atoms with Gasteiger partial charge in [0.2, 0.25) is 0 Å². The number of hydrogen-bond donors (Lipinski definition) is 1. The van der Waals surface area contributed by atoms with Gasteiger partial charge in [-0.3, -0.25) is 0 Å². The van der Waals surface area contributed by atoms with E-state index in [-0.39, 0.29) is 0 Å². The minimum absolute atomic E-state index is 1.05. The van der Waals surface area contributed by atoms with Crippen molar-refractivity contribution in [3.63, 3.8) is 0 Å². The van der Waals surface area contributed by atoms with Crippen LogP contribution in [0.3, 0.4) is 0 Å². The minimum atomic E-state index is 1.05. The molecule has 1 aromatic rings. The molecule has 0 amide bonds. The lowest BCUT2D eigenvalue weighted by Gasteiger charge is -1.99. The minimum Gasteiger partial charge on any atom is -0.370 e. The standard InChI is InChI=1S/C7H9BN2/c8-6-2-4-10-7-5(6)1-3-9-7/h2,4H,1,3,8H2,(H,9,10). The molecule has 2 rings (SSSR count). The lowest BCUT2D eigenvalue weighted by Crippen LogP contribution is -2.08. The van der Waals surface area contributed by atoms with Gasteiger partial charge in [-0.2, -0.15) is 0 Å². The summed E-state index contributed by atoms with van der Waals surface area (Å²) in [6.45, 7) is 1.05. The van der Waals surface area contributed by atoms with Crippen molar-refractivity contribution in [3.05, 3.63) is 17.8 Å². The van der Waals surface area contributed by atoms with Crippen LogP contribution in [0.1, 0.15) is 5.56 Å². The number of fused-ring (bicyclic) bond motifs is 1. The molecule has 1 N–H and O–H groups in total. The molecule has 0 unspecified atom stereocenters. The maximum absolute atomic E-state index is 4.21. The largest absolute Gasteiger partial charge is 0.370 e. The summed E-state index contributed by atoms with van der Waals surface area (Å²) in [4.78, 5) is 4.21. The molecule has 0 radical (unpaired) electrons. The van der Waals surface area contributed by atoms with Crippen LogP contribution < -0.4 is 10.8 Å². The molecule has 0 saturated heterocycles. The van der Waals surface area contributed by atoms with E-state index in [0.717, 1.165) is 18.8 Å². The Morgan fingerprint density at radius 1 is 1.60 bits per heavy atom. The predicted octanol–water partition coefficient (Wildman–Crippen LogP) is -0.692. The molecule has 1 aliphatic rings. The molecule has 0 bridgehead atoms. The molecule has 1 aromatic heterocycles. The van der Waals surface area contributed by atoms with Crippen molar-refractivity contribution in [1.82, 2.24) is 4.98 Å². The second-order valence-electron chi connectivity index (χ2n) is 2.63. The average Bonchev–Trinajstić information content (AvgIpc) is 2.36. The van der Waals surface area contributed by atoms with Gasteiger partial charge in [-0.15, -0.1) is 0 Å². The van der Waals surface area contributed by atoms with Crippen LogP contribution in [0.15, 0.2) is 12.3 Å². The lowest BCUT2D eigenvalue weighted by molar-refractivity contribution is 1.11. The van der Waals surface area contributed by atoms with E-state index >= 15 is 0 Å². The monoisotopic (exact) mass is 132 g/mol. The summed E-state index contributed by atoms with van der Waals surface area (Å²) in [5.74, 6) is 1.08. The number of hydrogen-bond acceptors (Lipinski definition) is 2. The Morgan fingerprint density at radius 2 is 2.50 bits per heavy atom. The van der Waals surface area contributed by atoms with Crippen LogP contribution in [-0.4, -0.2) is 19.4 Å². The fourth-order valence-electron chi connectivity index (χ4n) is 1.36. The molecule has 2 heterocycles. The quantitative estimate of drug-likeness (QED) is 0.472. The highest BCUT2D eigenvalue weighted by Gasteiger charge is 2.11. The third kappa shape index (κ3) is 0.702. The Kier molecular flexibility index (Phi) is 1.16. The van der Waals surface area contributed by atoms with Gasteiger partial charge in [-0.05, 0) is 18.1 Å². The highest BCUT2D eigenvalue weighted by atomic mass is 15.0. The first kappa shape index (κ1) is 5.77. The van der Waals surface area contributed by atoms with Crippen LogP contribution in [0, 0.1) is 0 Å². The van der Waals surface area contributed by atoms with Gasteiger partial charge in [-0.1, -0.05) is 5.46 Å². The first-order valence-corrected chi connectivity index (χ1v) is 3.56. The average molecular weight is 132 g/mol. The Bertz CT molecular complexity index is 260. The molecule has 0 atom stereocenters. The molecule has 0 saturated carbocycles. The van der Waals surface area contributed by atoms with Crippen LogP contribution in [0.25, 0.3) is 0 Å². The van der Waals surface area contributed by atoms with Gasteiger partial charge in [0.15, 0.2) is 0 Å². The number of anilines is 1. The summed E-state index contributed by atoms with van der Waals surface area (Å²) in [5.41, 5.74) is 2.75. The van der Waals surface area contributed by atoms with Crippen LogP contribution in [0.4, 0.5) is 5.82 Å². The van der Waals surface area contributed by atoms with E-state index < -0.39 is 0 Å². The molecule has 1 aliphatic heterocycles. The maximum atomic E-state index is 4.21. The molecule has 0 spiro atoms. The summed E-state index contributed by atoms with van der Waals surface area (Å²) < 4.78 is 0. The van der Waals surface area contributed by atoms with Gasteiger partial charge in [-0.25, -0.2) is 4.98 Å². The maximum Gasteiger partial charge on any atom is 0.139 e. The smallest absolute Gasteiger partial charge is 0.139 e. The molecule has 0 aromatic carbocycles. The first-order chi connectivity index (χ1) is 4.88. The van der Waals surface area contributed by atoms with Crippen LogP contribution in [-0.2, 0) is 6.42 Å². The third-order valence-electron chi connectivity index (χ3n) is 1.96. The summed E-state index contributed by atoms with van der Waals surface area (Å²) in [6, 6.07) is 2.06.